The van der Waals surface area contributed by atoms with Gasteiger partial charge in [0.1, 0.15) is 0 Å². The molecule has 1 aliphatic carbocycles. The van der Waals surface area contributed by atoms with Crippen LogP contribution in [-0.2, 0) is 0 Å². The summed E-state index contributed by atoms with van der Waals surface area (Å²) in [6.07, 6.45) is 8.60. The highest BCUT2D eigenvalue weighted by molar-refractivity contribution is 5.39. The van der Waals surface area contributed by atoms with E-state index in [0.717, 1.165) is 25.7 Å². The van der Waals surface area contributed by atoms with Crippen molar-refractivity contribution >= 4 is 0 Å². The van der Waals surface area contributed by atoms with Crippen LogP contribution in [-0.4, -0.2) is 48.0 Å². The maximum atomic E-state index is 12.2. The Balaban J connectivity index is 0.000000191. The molecule has 1 saturated carbocycles. The number of methoxy groups -OCH3 is 4. The van der Waals surface area contributed by atoms with Crippen molar-refractivity contribution in [3.63, 3.8) is 0 Å². The average molecular weight is 471 g/mol. The van der Waals surface area contributed by atoms with Gasteiger partial charge in [-0.1, -0.05) is 37.5 Å². The standard InChI is InChI=1S/C12H18N2O3.C12H12N2O3/c2*1-16-10-8-13-14(12(15)11(10)17-2)9-6-4-3-5-7-9/h8-9H,3-7H2,1-2H3;3-8H,1-2H3. The summed E-state index contributed by atoms with van der Waals surface area (Å²) in [6.45, 7) is 0. The van der Waals surface area contributed by atoms with Crippen molar-refractivity contribution < 1.29 is 18.9 Å². The molecule has 10 heteroatoms. The van der Waals surface area contributed by atoms with Gasteiger partial charge < -0.3 is 18.9 Å². The third-order valence-electron chi connectivity index (χ3n) is 5.60. The van der Waals surface area contributed by atoms with Crippen LogP contribution in [0.1, 0.15) is 38.1 Å². The van der Waals surface area contributed by atoms with Gasteiger partial charge in [-0.2, -0.15) is 14.9 Å². The molecule has 0 spiro atoms. The van der Waals surface area contributed by atoms with Crippen LogP contribution >= 0.6 is 0 Å². The fourth-order valence-corrected chi connectivity index (χ4v) is 3.86. The molecule has 0 atom stereocenters. The predicted molar refractivity (Wildman–Crippen MR) is 127 cm³/mol. The molecule has 0 radical (unpaired) electrons. The summed E-state index contributed by atoms with van der Waals surface area (Å²) in [6, 6.07) is 9.33. The van der Waals surface area contributed by atoms with Gasteiger partial charge in [0.15, 0.2) is 11.5 Å². The lowest BCUT2D eigenvalue weighted by Crippen LogP contribution is -2.29. The Kier molecular flexibility index (Phi) is 8.66. The minimum Gasteiger partial charge on any atom is -0.491 e. The molecule has 2 aromatic heterocycles. The second-order valence-corrected chi connectivity index (χ2v) is 7.59. The first-order chi connectivity index (χ1) is 16.5. The largest absolute Gasteiger partial charge is 0.491 e. The van der Waals surface area contributed by atoms with Crippen molar-refractivity contribution in [3.05, 3.63) is 63.4 Å². The Labute approximate surface area is 197 Å². The molecule has 3 aromatic rings. The second-order valence-electron chi connectivity index (χ2n) is 7.59. The molecule has 34 heavy (non-hydrogen) atoms. The summed E-state index contributed by atoms with van der Waals surface area (Å²) in [5.41, 5.74) is 0.134. The van der Waals surface area contributed by atoms with Crippen LogP contribution in [0.3, 0.4) is 0 Å². The highest BCUT2D eigenvalue weighted by Gasteiger charge is 2.21. The third-order valence-corrected chi connectivity index (χ3v) is 5.60. The van der Waals surface area contributed by atoms with Crippen molar-refractivity contribution in [2.24, 2.45) is 0 Å². The number of para-hydroxylation sites is 1. The van der Waals surface area contributed by atoms with Crippen LogP contribution in [0.4, 0.5) is 0 Å². The average Bonchev–Trinajstić information content (AvgIpc) is 2.89. The van der Waals surface area contributed by atoms with Gasteiger partial charge in [-0.15, -0.1) is 0 Å². The zero-order valence-electron chi connectivity index (χ0n) is 19.9. The fourth-order valence-electron chi connectivity index (χ4n) is 3.86. The van der Waals surface area contributed by atoms with Crippen molar-refractivity contribution in [2.45, 2.75) is 38.1 Å². The van der Waals surface area contributed by atoms with Gasteiger partial charge in [0.25, 0.3) is 0 Å². The highest BCUT2D eigenvalue weighted by atomic mass is 16.5. The number of aromatic nitrogens is 4. The zero-order valence-corrected chi connectivity index (χ0v) is 19.9. The molecule has 0 amide bonds. The molecule has 182 valence electrons. The molecule has 1 fully saturated rings. The number of nitrogens with zero attached hydrogens (tertiary/aromatic N) is 4. The van der Waals surface area contributed by atoms with E-state index in [1.165, 1.54) is 45.7 Å². The van der Waals surface area contributed by atoms with Crippen LogP contribution in [0, 0.1) is 0 Å². The summed E-state index contributed by atoms with van der Waals surface area (Å²) in [5.74, 6) is 1.11. The van der Waals surface area contributed by atoms with Gasteiger partial charge in [0, 0.05) is 0 Å². The summed E-state index contributed by atoms with van der Waals surface area (Å²) in [7, 11) is 5.87. The molecule has 4 rings (SSSR count). The van der Waals surface area contributed by atoms with Crippen LogP contribution in [0.5, 0.6) is 23.0 Å². The number of hydrogen-bond acceptors (Lipinski definition) is 8. The van der Waals surface area contributed by atoms with E-state index in [1.807, 2.05) is 18.2 Å². The molecule has 0 unspecified atom stereocenters. The molecular formula is C24H30N4O6. The summed E-state index contributed by atoms with van der Waals surface area (Å²) >= 11 is 0. The van der Waals surface area contributed by atoms with Gasteiger partial charge in [-0.3, -0.25) is 9.59 Å². The first-order valence-corrected chi connectivity index (χ1v) is 11.0. The molecule has 0 bridgehead atoms. The van der Waals surface area contributed by atoms with E-state index in [2.05, 4.69) is 10.2 Å². The van der Waals surface area contributed by atoms with E-state index in [0.29, 0.717) is 17.2 Å². The monoisotopic (exact) mass is 470 g/mol. The summed E-state index contributed by atoms with van der Waals surface area (Å²) in [5, 5.41) is 8.21. The lowest BCUT2D eigenvalue weighted by atomic mass is 9.96. The quantitative estimate of drug-likeness (QED) is 0.541. The minimum absolute atomic E-state index is 0.145. The molecule has 1 aliphatic rings. The first kappa shape index (κ1) is 24.8. The fraction of sp³-hybridized carbons (Fsp3) is 0.417. The Hall–Kier alpha value is -3.82. The van der Waals surface area contributed by atoms with E-state index in [9.17, 15) is 9.59 Å². The Morgan fingerprint density at radius 1 is 0.735 bits per heavy atom. The van der Waals surface area contributed by atoms with E-state index in [4.69, 9.17) is 18.9 Å². The molecule has 2 heterocycles. The predicted octanol–water partition coefficient (Wildman–Crippen LogP) is 3.02. The van der Waals surface area contributed by atoms with E-state index >= 15 is 0 Å². The van der Waals surface area contributed by atoms with Gasteiger partial charge in [0.05, 0.1) is 52.6 Å². The molecular weight excluding hydrogens is 440 g/mol. The molecule has 10 nitrogen and oxygen atoms in total. The maximum absolute atomic E-state index is 12.2. The SMILES string of the molecule is COc1cnn(-c2ccccc2)c(=O)c1OC.COc1cnn(C2CCCCC2)c(=O)c1OC. The van der Waals surface area contributed by atoms with Crippen LogP contribution in [0.2, 0.25) is 0 Å². The topological polar surface area (TPSA) is 107 Å². The van der Waals surface area contributed by atoms with Gasteiger partial charge in [0.2, 0.25) is 11.5 Å². The van der Waals surface area contributed by atoms with E-state index < -0.39 is 0 Å². The highest BCUT2D eigenvalue weighted by Crippen LogP contribution is 2.28. The second kappa shape index (κ2) is 11.9. The van der Waals surface area contributed by atoms with Gasteiger partial charge in [-0.05, 0) is 25.0 Å². The normalized spacial score (nSPS) is 13.4. The zero-order chi connectivity index (χ0) is 24.5. The first-order valence-electron chi connectivity index (χ1n) is 11.0. The van der Waals surface area contributed by atoms with Crippen molar-refractivity contribution in [3.8, 4) is 28.7 Å². The Morgan fingerprint density at radius 2 is 1.29 bits per heavy atom. The number of ether oxygens (including phenoxy) is 4. The smallest absolute Gasteiger partial charge is 0.317 e. The third kappa shape index (κ3) is 5.38. The Morgan fingerprint density at radius 3 is 1.85 bits per heavy atom. The van der Waals surface area contributed by atoms with Crippen molar-refractivity contribution in [1.29, 1.82) is 0 Å². The Bertz CT molecular complexity index is 1190. The van der Waals surface area contributed by atoms with Gasteiger partial charge >= 0.3 is 11.1 Å². The lowest BCUT2D eigenvalue weighted by molar-refractivity contribution is 0.295. The van der Waals surface area contributed by atoms with Crippen LogP contribution < -0.4 is 30.1 Å². The number of hydrogen-bond donors (Lipinski definition) is 0. The summed E-state index contributed by atoms with van der Waals surface area (Å²) in [4.78, 5) is 24.3. The van der Waals surface area contributed by atoms with Crippen LogP contribution in [0.25, 0.3) is 5.69 Å². The van der Waals surface area contributed by atoms with Gasteiger partial charge in [-0.25, -0.2) is 4.68 Å². The molecule has 0 aliphatic heterocycles. The van der Waals surface area contributed by atoms with Crippen molar-refractivity contribution in [2.75, 3.05) is 28.4 Å². The van der Waals surface area contributed by atoms with E-state index in [-0.39, 0.29) is 28.7 Å². The lowest BCUT2D eigenvalue weighted by Gasteiger charge is -2.23. The van der Waals surface area contributed by atoms with E-state index in [1.54, 1.807) is 23.0 Å². The van der Waals surface area contributed by atoms with Crippen LogP contribution in [0.15, 0.2) is 52.3 Å². The minimum atomic E-state index is -0.349. The number of rotatable bonds is 6. The maximum Gasteiger partial charge on any atom is 0.317 e. The molecule has 1 aromatic carbocycles. The molecule has 0 N–H and O–H groups in total. The van der Waals surface area contributed by atoms with Crippen molar-refractivity contribution in [1.82, 2.24) is 19.6 Å². The molecule has 0 saturated heterocycles. The summed E-state index contributed by atoms with van der Waals surface area (Å²) < 4.78 is 23.0. The number of benzene rings is 1.